The lowest BCUT2D eigenvalue weighted by Gasteiger charge is -2.26. The van der Waals surface area contributed by atoms with E-state index in [1.807, 2.05) is 18.5 Å². The van der Waals surface area contributed by atoms with E-state index >= 15 is 0 Å². The van der Waals surface area contributed by atoms with E-state index in [1.165, 1.54) is 18.4 Å². The Kier molecular flexibility index (Phi) is 5.47. The van der Waals surface area contributed by atoms with E-state index in [0.29, 0.717) is 12.1 Å². The molecule has 1 N–H and O–H groups in total. The van der Waals surface area contributed by atoms with Crippen LogP contribution in [0.3, 0.4) is 0 Å². The highest BCUT2D eigenvalue weighted by Gasteiger charge is 2.16. The minimum atomic E-state index is 0.379. The maximum atomic E-state index is 4.16. The summed E-state index contributed by atoms with van der Waals surface area (Å²) in [5.74, 6) is 0.763. The summed E-state index contributed by atoms with van der Waals surface area (Å²) in [6.07, 6.45) is 6.24. The standard InChI is InChI=1S/C14H24N2/c1-5-13(6-2)11(3)16-12(4)14-8-7-9-15-10-14/h7-13,16H,5-6H2,1-4H3. The van der Waals surface area contributed by atoms with E-state index in [0.717, 1.165) is 5.92 Å². The van der Waals surface area contributed by atoms with Gasteiger partial charge in [-0.3, -0.25) is 4.98 Å². The van der Waals surface area contributed by atoms with Crippen LogP contribution in [0.15, 0.2) is 24.5 Å². The van der Waals surface area contributed by atoms with Crippen LogP contribution in [0.2, 0.25) is 0 Å². The molecular weight excluding hydrogens is 196 g/mol. The minimum Gasteiger partial charge on any atom is -0.307 e. The van der Waals surface area contributed by atoms with Gasteiger partial charge in [0.15, 0.2) is 0 Å². The van der Waals surface area contributed by atoms with Crippen LogP contribution in [0, 0.1) is 5.92 Å². The molecule has 0 saturated heterocycles. The van der Waals surface area contributed by atoms with Gasteiger partial charge in [0.2, 0.25) is 0 Å². The lowest BCUT2D eigenvalue weighted by atomic mass is 9.94. The fourth-order valence-corrected chi connectivity index (χ4v) is 2.25. The lowest BCUT2D eigenvalue weighted by Crippen LogP contribution is -2.35. The van der Waals surface area contributed by atoms with Crippen molar-refractivity contribution in [2.75, 3.05) is 0 Å². The highest BCUT2D eigenvalue weighted by molar-refractivity contribution is 5.12. The number of nitrogens with zero attached hydrogens (tertiary/aromatic N) is 1. The summed E-state index contributed by atoms with van der Waals surface area (Å²) in [5, 5.41) is 3.66. The fourth-order valence-electron chi connectivity index (χ4n) is 2.25. The molecule has 0 aliphatic carbocycles. The predicted octanol–water partition coefficient (Wildman–Crippen LogP) is 3.56. The van der Waals surface area contributed by atoms with E-state index in [9.17, 15) is 0 Å². The van der Waals surface area contributed by atoms with E-state index < -0.39 is 0 Å². The Morgan fingerprint density at radius 1 is 1.25 bits per heavy atom. The molecule has 2 heteroatoms. The Balaban J connectivity index is 2.54. The van der Waals surface area contributed by atoms with Crippen LogP contribution in [-0.2, 0) is 0 Å². The largest absolute Gasteiger partial charge is 0.307 e. The molecule has 1 rings (SSSR count). The SMILES string of the molecule is CCC(CC)C(C)NC(C)c1cccnc1. The second kappa shape index (κ2) is 6.64. The fraction of sp³-hybridized carbons (Fsp3) is 0.643. The summed E-state index contributed by atoms with van der Waals surface area (Å²) in [6.45, 7) is 9.02. The number of nitrogens with one attached hydrogen (secondary N) is 1. The smallest absolute Gasteiger partial charge is 0.0315 e. The molecule has 0 bridgehead atoms. The number of pyridine rings is 1. The van der Waals surface area contributed by atoms with Gasteiger partial charge in [0.1, 0.15) is 0 Å². The number of aromatic nitrogens is 1. The molecule has 0 amide bonds. The lowest BCUT2D eigenvalue weighted by molar-refractivity contribution is 0.330. The first kappa shape index (κ1) is 13.2. The van der Waals surface area contributed by atoms with Crippen LogP contribution < -0.4 is 5.32 Å². The third-order valence-corrected chi connectivity index (χ3v) is 3.45. The van der Waals surface area contributed by atoms with Crippen molar-refractivity contribution in [3.05, 3.63) is 30.1 Å². The molecule has 0 aliphatic rings. The van der Waals surface area contributed by atoms with Crippen molar-refractivity contribution in [3.63, 3.8) is 0 Å². The normalized spacial score (nSPS) is 15.1. The summed E-state index contributed by atoms with van der Waals surface area (Å²) in [4.78, 5) is 4.16. The molecule has 0 fully saturated rings. The first-order valence-electron chi connectivity index (χ1n) is 6.35. The van der Waals surface area contributed by atoms with Gasteiger partial charge < -0.3 is 5.32 Å². The summed E-state index contributed by atoms with van der Waals surface area (Å²) in [5.41, 5.74) is 1.26. The van der Waals surface area contributed by atoms with E-state index in [-0.39, 0.29) is 0 Å². The molecule has 0 saturated carbocycles. The predicted molar refractivity (Wildman–Crippen MR) is 69.3 cm³/mol. The summed E-state index contributed by atoms with van der Waals surface area (Å²) in [7, 11) is 0. The Bertz CT molecular complexity index is 280. The molecule has 16 heavy (non-hydrogen) atoms. The minimum absolute atomic E-state index is 0.379. The van der Waals surface area contributed by atoms with Gasteiger partial charge in [0.05, 0.1) is 0 Å². The molecule has 90 valence electrons. The Labute approximate surface area is 99.5 Å². The highest BCUT2D eigenvalue weighted by atomic mass is 14.9. The maximum absolute atomic E-state index is 4.16. The quantitative estimate of drug-likeness (QED) is 0.793. The van der Waals surface area contributed by atoms with E-state index in [2.05, 4.69) is 44.1 Å². The molecule has 2 atom stereocenters. The molecular formula is C14H24N2. The van der Waals surface area contributed by atoms with Crippen molar-refractivity contribution in [3.8, 4) is 0 Å². The molecule has 2 unspecified atom stereocenters. The van der Waals surface area contributed by atoms with Gasteiger partial charge in [0, 0.05) is 24.5 Å². The van der Waals surface area contributed by atoms with Gasteiger partial charge >= 0.3 is 0 Å². The zero-order chi connectivity index (χ0) is 12.0. The second-order valence-electron chi connectivity index (χ2n) is 4.54. The average molecular weight is 220 g/mol. The Morgan fingerprint density at radius 2 is 1.94 bits per heavy atom. The van der Waals surface area contributed by atoms with Gasteiger partial charge in [0.25, 0.3) is 0 Å². The summed E-state index contributed by atoms with van der Waals surface area (Å²) in [6, 6.07) is 5.06. The van der Waals surface area contributed by atoms with Crippen LogP contribution >= 0.6 is 0 Å². The molecule has 0 aliphatic heterocycles. The van der Waals surface area contributed by atoms with Crippen LogP contribution in [0.4, 0.5) is 0 Å². The number of hydrogen-bond acceptors (Lipinski definition) is 2. The Morgan fingerprint density at radius 3 is 2.44 bits per heavy atom. The zero-order valence-corrected chi connectivity index (χ0v) is 10.9. The molecule has 2 nitrogen and oxygen atoms in total. The molecule has 0 spiro atoms. The first-order valence-corrected chi connectivity index (χ1v) is 6.35. The van der Waals surface area contributed by atoms with E-state index in [4.69, 9.17) is 0 Å². The van der Waals surface area contributed by atoms with Crippen LogP contribution in [0.25, 0.3) is 0 Å². The van der Waals surface area contributed by atoms with Crippen molar-refractivity contribution < 1.29 is 0 Å². The average Bonchev–Trinajstić information content (AvgIpc) is 2.31. The number of hydrogen-bond donors (Lipinski definition) is 1. The van der Waals surface area contributed by atoms with Crippen molar-refractivity contribution >= 4 is 0 Å². The molecule has 1 aromatic rings. The van der Waals surface area contributed by atoms with Crippen molar-refractivity contribution in [1.82, 2.24) is 10.3 Å². The van der Waals surface area contributed by atoms with E-state index in [1.54, 1.807) is 0 Å². The zero-order valence-electron chi connectivity index (χ0n) is 10.9. The van der Waals surface area contributed by atoms with Crippen LogP contribution in [0.1, 0.15) is 52.1 Å². The van der Waals surface area contributed by atoms with Gasteiger partial charge in [-0.25, -0.2) is 0 Å². The third-order valence-electron chi connectivity index (χ3n) is 3.45. The molecule has 1 heterocycles. The second-order valence-corrected chi connectivity index (χ2v) is 4.54. The summed E-state index contributed by atoms with van der Waals surface area (Å²) >= 11 is 0. The molecule has 1 aromatic heterocycles. The first-order chi connectivity index (χ1) is 7.69. The Hall–Kier alpha value is -0.890. The van der Waals surface area contributed by atoms with Crippen molar-refractivity contribution in [2.24, 2.45) is 5.92 Å². The van der Waals surface area contributed by atoms with Gasteiger partial charge in [-0.05, 0) is 31.4 Å². The van der Waals surface area contributed by atoms with Gasteiger partial charge in [-0.1, -0.05) is 32.8 Å². The van der Waals surface area contributed by atoms with Crippen LogP contribution in [0.5, 0.6) is 0 Å². The molecule has 0 radical (unpaired) electrons. The van der Waals surface area contributed by atoms with Crippen molar-refractivity contribution in [2.45, 2.75) is 52.6 Å². The van der Waals surface area contributed by atoms with Crippen LogP contribution in [-0.4, -0.2) is 11.0 Å². The number of rotatable bonds is 6. The third kappa shape index (κ3) is 3.60. The van der Waals surface area contributed by atoms with Crippen molar-refractivity contribution in [1.29, 1.82) is 0 Å². The van der Waals surface area contributed by atoms with Gasteiger partial charge in [-0.2, -0.15) is 0 Å². The van der Waals surface area contributed by atoms with Gasteiger partial charge in [-0.15, -0.1) is 0 Å². The highest BCUT2D eigenvalue weighted by Crippen LogP contribution is 2.17. The monoisotopic (exact) mass is 220 g/mol. The summed E-state index contributed by atoms with van der Waals surface area (Å²) < 4.78 is 0. The molecule has 0 aromatic carbocycles. The topological polar surface area (TPSA) is 24.9 Å². The maximum Gasteiger partial charge on any atom is 0.0315 e.